The number of aryl methyl sites for hydroxylation is 1. The van der Waals surface area contributed by atoms with Crippen molar-refractivity contribution in [2.24, 2.45) is 5.92 Å². The molecule has 2 unspecified atom stereocenters. The summed E-state index contributed by atoms with van der Waals surface area (Å²) >= 11 is 0. The van der Waals surface area contributed by atoms with Crippen LogP contribution in [-0.4, -0.2) is 22.7 Å². The van der Waals surface area contributed by atoms with Gasteiger partial charge in [0.2, 0.25) is 5.89 Å². The summed E-state index contributed by atoms with van der Waals surface area (Å²) in [4.78, 5) is 16.0. The molecular formula is C24H25NO4. The van der Waals surface area contributed by atoms with Crippen molar-refractivity contribution in [1.82, 2.24) is 4.98 Å². The van der Waals surface area contributed by atoms with Gasteiger partial charge in [0, 0.05) is 12.0 Å². The van der Waals surface area contributed by atoms with Gasteiger partial charge in [-0.3, -0.25) is 4.79 Å². The van der Waals surface area contributed by atoms with Gasteiger partial charge in [-0.05, 0) is 60.6 Å². The Kier molecular flexibility index (Phi) is 5.65. The van der Waals surface area contributed by atoms with E-state index in [4.69, 9.17) is 9.15 Å². The third-order valence-corrected chi connectivity index (χ3v) is 5.68. The first-order valence-corrected chi connectivity index (χ1v) is 10.1. The molecule has 2 atom stereocenters. The Bertz CT molecular complexity index is 980. The Hall–Kier alpha value is -3.08. The molecule has 0 saturated heterocycles. The number of fused-ring (bicyclic) bond motifs is 1. The molecule has 1 aromatic heterocycles. The second kappa shape index (κ2) is 8.52. The lowest BCUT2D eigenvalue weighted by molar-refractivity contribution is -0.142. The standard InChI is InChI=1S/C24H25NO4/c1-2-20(24(26)27)22-10-8-17-14-19(9-11-21(17)22)28-13-12-18-15-29-23(25-18)16-6-4-3-5-7-16/h3-7,9,11,14-15,20,22H,2,8,10,12-13H2,1H3,(H,26,27). The highest BCUT2D eigenvalue weighted by atomic mass is 16.5. The van der Waals surface area contributed by atoms with Gasteiger partial charge in [0.05, 0.1) is 18.2 Å². The summed E-state index contributed by atoms with van der Waals surface area (Å²) in [5.74, 6) is 0.530. The zero-order chi connectivity index (χ0) is 20.2. The third kappa shape index (κ3) is 4.19. The van der Waals surface area contributed by atoms with Gasteiger partial charge >= 0.3 is 5.97 Å². The fourth-order valence-electron chi connectivity index (χ4n) is 4.17. The first-order valence-electron chi connectivity index (χ1n) is 10.1. The van der Waals surface area contributed by atoms with Crippen LogP contribution in [-0.2, 0) is 17.6 Å². The molecule has 0 saturated carbocycles. The molecular weight excluding hydrogens is 366 g/mol. The highest BCUT2D eigenvalue weighted by Gasteiger charge is 2.33. The van der Waals surface area contributed by atoms with Crippen molar-refractivity contribution < 1.29 is 19.1 Å². The van der Waals surface area contributed by atoms with Gasteiger partial charge in [0.1, 0.15) is 12.0 Å². The van der Waals surface area contributed by atoms with Gasteiger partial charge in [-0.2, -0.15) is 0 Å². The molecule has 5 heteroatoms. The summed E-state index contributed by atoms with van der Waals surface area (Å²) in [6.45, 7) is 2.46. The monoisotopic (exact) mass is 391 g/mol. The summed E-state index contributed by atoms with van der Waals surface area (Å²) in [6, 6.07) is 15.9. The summed E-state index contributed by atoms with van der Waals surface area (Å²) in [7, 11) is 0. The molecule has 1 aliphatic rings. The second-order valence-electron chi connectivity index (χ2n) is 7.47. The molecule has 150 valence electrons. The smallest absolute Gasteiger partial charge is 0.307 e. The van der Waals surface area contributed by atoms with E-state index in [-0.39, 0.29) is 11.8 Å². The highest BCUT2D eigenvalue weighted by Crippen LogP contribution is 2.41. The Morgan fingerprint density at radius 1 is 1.28 bits per heavy atom. The van der Waals surface area contributed by atoms with E-state index < -0.39 is 5.97 Å². The normalized spacial score (nSPS) is 16.4. The van der Waals surface area contributed by atoms with Crippen molar-refractivity contribution >= 4 is 5.97 Å². The van der Waals surface area contributed by atoms with Gasteiger partial charge in [-0.15, -0.1) is 0 Å². The molecule has 0 bridgehead atoms. The molecule has 1 N–H and O–H groups in total. The number of rotatable bonds is 8. The van der Waals surface area contributed by atoms with Crippen molar-refractivity contribution in [2.75, 3.05) is 6.61 Å². The zero-order valence-electron chi connectivity index (χ0n) is 16.5. The number of ether oxygens (including phenoxy) is 1. The largest absolute Gasteiger partial charge is 0.493 e. The minimum atomic E-state index is -0.701. The van der Waals surface area contributed by atoms with Crippen molar-refractivity contribution in [1.29, 1.82) is 0 Å². The number of carboxylic acid groups (broad SMARTS) is 1. The van der Waals surface area contributed by atoms with Gasteiger partial charge in [0.25, 0.3) is 0 Å². The quantitative estimate of drug-likeness (QED) is 0.578. The molecule has 1 aliphatic carbocycles. The predicted octanol–water partition coefficient (Wildman–Crippen LogP) is 5.10. The molecule has 1 heterocycles. The first-order chi connectivity index (χ1) is 14.2. The third-order valence-electron chi connectivity index (χ3n) is 5.68. The molecule has 3 aromatic rings. The number of aromatic nitrogens is 1. The van der Waals surface area contributed by atoms with Gasteiger partial charge in [-0.1, -0.05) is 31.2 Å². The average molecular weight is 391 g/mol. The van der Waals surface area contributed by atoms with Crippen molar-refractivity contribution in [3.05, 3.63) is 71.6 Å². The van der Waals surface area contributed by atoms with E-state index in [2.05, 4.69) is 11.1 Å². The van der Waals surface area contributed by atoms with Crippen LogP contribution in [0, 0.1) is 5.92 Å². The topological polar surface area (TPSA) is 72.6 Å². The molecule has 29 heavy (non-hydrogen) atoms. The Balaban J connectivity index is 1.36. The second-order valence-corrected chi connectivity index (χ2v) is 7.47. The van der Waals surface area contributed by atoms with Crippen LogP contribution < -0.4 is 4.74 Å². The number of carbonyl (C=O) groups is 1. The van der Waals surface area contributed by atoms with Crippen LogP contribution in [0.15, 0.2) is 59.2 Å². The first kappa shape index (κ1) is 19.2. The zero-order valence-corrected chi connectivity index (χ0v) is 16.5. The number of nitrogens with zero attached hydrogens (tertiary/aromatic N) is 1. The Labute approximate surface area is 170 Å². The fourth-order valence-corrected chi connectivity index (χ4v) is 4.17. The molecule has 0 radical (unpaired) electrons. The molecule has 0 fully saturated rings. The van der Waals surface area contributed by atoms with Crippen LogP contribution in [0.2, 0.25) is 0 Å². The summed E-state index contributed by atoms with van der Waals surface area (Å²) in [5.41, 5.74) is 4.19. The van der Waals surface area contributed by atoms with Gasteiger partial charge < -0.3 is 14.3 Å². The lowest BCUT2D eigenvalue weighted by Gasteiger charge is -2.19. The minimum Gasteiger partial charge on any atom is -0.493 e. The molecule has 0 amide bonds. The number of hydrogen-bond donors (Lipinski definition) is 1. The maximum absolute atomic E-state index is 11.5. The number of oxazole rings is 1. The van der Waals surface area contributed by atoms with Crippen molar-refractivity contribution in [3.63, 3.8) is 0 Å². The molecule has 5 nitrogen and oxygen atoms in total. The van der Waals surface area contributed by atoms with Crippen LogP contribution in [0.3, 0.4) is 0 Å². The van der Waals surface area contributed by atoms with E-state index in [1.807, 2.05) is 49.4 Å². The summed E-state index contributed by atoms with van der Waals surface area (Å²) < 4.78 is 11.5. The number of aliphatic carboxylic acids is 1. The van der Waals surface area contributed by atoms with E-state index >= 15 is 0 Å². The van der Waals surface area contributed by atoms with Crippen LogP contribution >= 0.6 is 0 Å². The van der Waals surface area contributed by atoms with E-state index in [1.54, 1.807) is 6.26 Å². The molecule has 2 aromatic carbocycles. The summed E-state index contributed by atoms with van der Waals surface area (Å²) in [5, 5.41) is 9.47. The highest BCUT2D eigenvalue weighted by molar-refractivity contribution is 5.72. The van der Waals surface area contributed by atoms with E-state index in [1.165, 1.54) is 5.56 Å². The Morgan fingerprint density at radius 3 is 2.86 bits per heavy atom. The number of carboxylic acids is 1. The van der Waals surface area contributed by atoms with Crippen LogP contribution in [0.25, 0.3) is 11.5 Å². The molecule has 0 aliphatic heterocycles. The SMILES string of the molecule is CCC(C(=O)O)C1CCc2cc(OCCc3coc(-c4ccccc4)n3)ccc21. The van der Waals surface area contributed by atoms with Crippen molar-refractivity contribution in [2.45, 2.75) is 38.5 Å². The molecule has 0 spiro atoms. The number of benzene rings is 2. The van der Waals surface area contributed by atoms with Gasteiger partial charge in [0.15, 0.2) is 0 Å². The average Bonchev–Trinajstić information content (AvgIpc) is 3.37. The summed E-state index contributed by atoms with van der Waals surface area (Å²) in [6.07, 6.45) is 4.79. The van der Waals surface area contributed by atoms with Crippen LogP contribution in [0.1, 0.15) is 42.5 Å². The fraction of sp³-hybridized carbons (Fsp3) is 0.333. The Morgan fingerprint density at radius 2 is 2.10 bits per heavy atom. The minimum absolute atomic E-state index is 0.105. The van der Waals surface area contributed by atoms with Crippen LogP contribution in [0.5, 0.6) is 5.75 Å². The molecule has 4 rings (SSSR count). The van der Waals surface area contributed by atoms with Crippen LogP contribution in [0.4, 0.5) is 0 Å². The van der Waals surface area contributed by atoms with E-state index in [0.29, 0.717) is 25.3 Å². The lowest BCUT2D eigenvalue weighted by atomic mass is 9.85. The lowest BCUT2D eigenvalue weighted by Crippen LogP contribution is -2.19. The maximum atomic E-state index is 11.5. The maximum Gasteiger partial charge on any atom is 0.307 e. The van der Waals surface area contributed by atoms with Gasteiger partial charge in [-0.25, -0.2) is 4.98 Å². The van der Waals surface area contributed by atoms with Crippen molar-refractivity contribution in [3.8, 4) is 17.2 Å². The predicted molar refractivity (Wildman–Crippen MR) is 110 cm³/mol. The van der Waals surface area contributed by atoms with E-state index in [9.17, 15) is 9.90 Å². The van der Waals surface area contributed by atoms with E-state index in [0.717, 1.165) is 35.4 Å². The number of hydrogen-bond acceptors (Lipinski definition) is 4.